The van der Waals surface area contributed by atoms with E-state index in [2.05, 4.69) is 24.8 Å². The maximum Gasteiger partial charge on any atom is 0.122 e. The maximum absolute atomic E-state index is 6.34. The average molecular weight is 250 g/mol. The van der Waals surface area contributed by atoms with Crippen LogP contribution in [0.2, 0.25) is 0 Å². The van der Waals surface area contributed by atoms with Crippen LogP contribution in [0.1, 0.15) is 57.8 Å². The van der Waals surface area contributed by atoms with Crippen LogP contribution in [-0.4, -0.2) is 23.5 Å². The van der Waals surface area contributed by atoms with Crippen molar-refractivity contribution in [3.05, 3.63) is 24.2 Å². The monoisotopic (exact) mass is 250 g/mol. The van der Waals surface area contributed by atoms with Gasteiger partial charge in [0.15, 0.2) is 0 Å². The van der Waals surface area contributed by atoms with E-state index < -0.39 is 0 Å². The van der Waals surface area contributed by atoms with Gasteiger partial charge in [0.05, 0.1) is 12.3 Å². The molecule has 1 heterocycles. The molecule has 3 nitrogen and oxygen atoms in total. The normalized spacial score (nSPS) is 19.1. The van der Waals surface area contributed by atoms with Gasteiger partial charge in [-0.05, 0) is 44.4 Å². The summed E-state index contributed by atoms with van der Waals surface area (Å²) in [5.41, 5.74) is 6.34. The first-order valence-corrected chi connectivity index (χ1v) is 7.32. The van der Waals surface area contributed by atoms with E-state index in [1.807, 2.05) is 6.07 Å². The fourth-order valence-electron chi connectivity index (χ4n) is 2.60. The van der Waals surface area contributed by atoms with Crippen molar-refractivity contribution < 1.29 is 4.42 Å². The number of unbranched alkanes of at least 4 members (excludes halogenated alkanes) is 1. The Morgan fingerprint density at radius 3 is 2.72 bits per heavy atom. The molecule has 2 N–H and O–H groups in total. The first-order valence-electron chi connectivity index (χ1n) is 7.32. The van der Waals surface area contributed by atoms with Crippen molar-refractivity contribution in [1.29, 1.82) is 0 Å². The molecule has 0 spiro atoms. The smallest absolute Gasteiger partial charge is 0.122 e. The van der Waals surface area contributed by atoms with E-state index in [4.69, 9.17) is 10.2 Å². The molecule has 1 fully saturated rings. The summed E-state index contributed by atoms with van der Waals surface area (Å²) in [5.74, 6) is 1.03. The van der Waals surface area contributed by atoms with E-state index in [1.54, 1.807) is 6.26 Å². The summed E-state index contributed by atoms with van der Waals surface area (Å²) in [6.07, 6.45) is 7.85. The molecule has 2 rings (SSSR count). The maximum atomic E-state index is 6.34. The first-order chi connectivity index (χ1) is 8.77. The number of nitrogens with two attached hydrogens (primary N) is 1. The molecular formula is C15H26N2O. The highest BCUT2D eigenvalue weighted by atomic mass is 16.3. The molecule has 1 aromatic heterocycles. The molecule has 0 aliphatic heterocycles. The van der Waals surface area contributed by atoms with Gasteiger partial charge in [0, 0.05) is 12.1 Å². The minimum atomic E-state index is 0.161. The van der Waals surface area contributed by atoms with E-state index in [9.17, 15) is 0 Å². The third kappa shape index (κ3) is 3.15. The molecule has 1 aromatic rings. The predicted octanol–water partition coefficient (Wildman–Crippen LogP) is 3.32. The molecule has 0 radical (unpaired) electrons. The minimum absolute atomic E-state index is 0.161. The zero-order valence-electron chi connectivity index (χ0n) is 11.6. The van der Waals surface area contributed by atoms with E-state index in [-0.39, 0.29) is 12.1 Å². The van der Waals surface area contributed by atoms with Crippen LogP contribution < -0.4 is 5.73 Å². The Bertz CT molecular complexity index is 332. The SMILES string of the molecule is CCCCN(C1CC1)C(c1ccco1)C(N)CC. The molecule has 0 saturated heterocycles. The fourth-order valence-corrected chi connectivity index (χ4v) is 2.60. The molecule has 1 saturated carbocycles. The highest BCUT2D eigenvalue weighted by Crippen LogP contribution is 2.36. The largest absolute Gasteiger partial charge is 0.468 e. The zero-order chi connectivity index (χ0) is 13.0. The summed E-state index contributed by atoms with van der Waals surface area (Å²) in [7, 11) is 0. The second-order valence-corrected chi connectivity index (χ2v) is 5.35. The molecule has 102 valence electrons. The van der Waals surface area contributed by atoms with Crippen LogP contribution in [0.3, 0.4) is 0 Å². The van der Waals surface area contributed by atoms with Crippen LogP contribution in [0, 0.1) is 0 Å². The minimum Gasteiger partial charge on any atom is -0.468 e. The van der Waals surface area contributed by atoms with Gasteiger partial charge in [-0.2, -0.15) is 0 Å². The summed E-state index contributed by atoms with van der Waals surface area (Å²) in [4.78, 5) is 2.58. The van der Waals surface area contributed by atoms with Crippen molar-refractivity contribution in [3.8, 4) is 0 Å². The molecular weight excluding hydrogens is 224 g/mol. The van der Waals surface area contributed by atoms with Gasteiger partial charge in [0.2, 0.25) is 0 Å². The van der Waals surface area contributed by atoms with Gasteiger partial charge >= 0.3 is 0 Å². The first kappa shape index (κ1) is 13.6. The quantitative estimate of drug-likeness (QED) is 0.769. The third-order valence-corrected chi connectivity index (χ3v) is 3.85. The van der Waals surface area contributed by atoms with E-state index in [1.165, 1.54) is 25.7 Å². The number of hydrogen-bond acceptors (Lipinski definition) is 3. The van der Waals surface area contributed by atoms with E-state index >= 15 is 0 Å². The summed E-state index contributed by atoms with van der Waals surface area (Å²) in [5, 5.41) is 0. The van der Waals surface area contributed by atoms with Gasteiger partial charge in [-0.25, -0.2) is 0 Å². The van der Waals surface area contributed by atoms with Crippen molar-refractivity contribution >= 4 is 0 Å². The van der Waals surface area contributed by atoms with Gasteiger partial charge in [-0.1, -0.05) is 20.3 Å². The Morgan fingerprint density at radius 2 is 2.22 bits per heavy atom. The van der Waals surface area contributed by atoms with Crippen LogP contribution in [0.15, 0.2) is 22.8 Å². The van der Waals surface area contributed by atoms with Crippen molar-refractivity contribution in [1.82, 2.24) is 4.90 Å². The highest BCUT2D eigenvalue weighted by molar-refractivity contribution is 5.09. The Balaban J connectivity index is 2.14. The summed E-state index contributed by atoms with van der Waals surface area (Å²) < 4.78 is 5.64. The van der Waals surface area contributed by atoms with E-state index in [0.29, 0.717) is 0 Å². The highest BCUT2D eigenvalue weighted by Gasteiger charge is 2.37. The number of rotatable bonds is 8. The second-order valence-electron chi connectivity index (χ2n) is 5.35. The summed E-state index contributed by atoms with van der Waals surface area (Å²) >= 11 is 0. The number of nitrogens with zero attached hydrogens (tertiary/aromatic N) is 1. The zero-order valence-corrected chi connectivity index (χ0v) is 11.6. The lowest BCUT2D eigenvalue weighted by Crippen LogP contribution is -2.42. The van der Waals surface area contributed by atoms with Gasteiger partial charge < -0.3 is 10.2 Å². The van der Waals surface area contributed by atoms with Gasteiger partial charge in [0.1, 0.15) is 5.76 Å². The molecule has 1 aliphatic rings. The van der Waals surface area contributed by atoms with Crippen LogP contribution in [0.5, 0.6) is 0 Å². The Labute approximate surface area is 110 Å². The van der Waals surface area contributed by atoms with E-state index in [0.717, 1.165) is 24.8 Å². The van der Waals surface area contributed by atoms with Crippen molar-refractivity contribution in [2.24, 2.45) is 5.73 Å². The number of hydrogen-bond donors (Lipinski definition) is 1. The fraction of sp³-hybridized carbons (Fsp3) is 0.733. The van der Waals surface area contributed by atoms with Crippen LogP contribution in [0.4, 0.5) is 0 Å². The molecule has 3 heteroatoms. The van der Waals surface area contributed by atoms with Crippen molar-refractivity contribution in [3.63, 3.8) is 0 Å². The van der Waals surface area contributed by atoms with Gasteiger partial charge in [-0.3, -0.25) is 4.90 Å². The molecule has 0 bridgehead atoms. The Morgan fingerprint density at radius 1 is 1.44 bits per heavy atom. The molecule has 1 aliphatic carbocycles. The predicted molar refractivity (Wildman–Crippen MR) is 74.4 cm³/mol. The van der Waals surface area contributed by atoms with Crippen LogP contribution in [-0.2, 0) is 0 Å². The standard InChI is InChI=1S/C15H26N2O/c1-3-5-10-17(12-8-9-12)15(13(16)4-2)14-7-6-11-18-14/h6-7,11-13,15H,3-5,8-10,16H2,1-2H3. The van der Waals surface area contributed by atoms with Crippen molar-refractivity contribution in [2.45, 2.75) is 64.1 Å². The topological polar surface area (TPSA) is 42.4 Å². The lowest BCUT2D eigenvalue weighted by Gasteiger charge is -2.34. The number of furan rings is 1. The lowest BCUT2D eigenvalue weighted by atomic mass is 10.0. The lowest BCUT2D eigenvalue weighted by molar-refractivity contribution is 0.137. The molecule has 2 atom stereocenters. The molecule has 0 amide bonds. The van der Waals surface area contributed by atoms with Crippen LogP contribution >= 0.6 is 0 Å². The third-order valence-electron chi connectivity index (χ3n) is 3.85. The van der Waals surface area contributed by atoms with Crippen LogP contribution in [0.25, 0.3) is 0 Å². The summed E-state index contributed by atoms with van der Waals surface area (Å²) in [6.45, 7) is 5.54. The second kappa shape index (κ2) is 6.39. The molecule has 0 aromatic carbocycles. The Hall–Kier alpha value is -0.800. The van der Waals surface area contributed by atoms with Crippen molar-refractivity contribution in [2.75, 3.05) is 6.54 Å². The molecule has 18 heavy (non-hydrogen) atoms. The molecule has 2 unspecified atom stereocenters. The van der Waals surface area contributed by atoms with Gasteiger partial charge in [0.25, 0.3) is 0 Å². The summed E-state index contributed by atoms with van der Waals surface area (Å²) in [6, 6.07) is 5.18. The van der Waals surface area contributed by atoms with Gasteiger partial charge in [-0.15, -0.1) is 0 Å². The average Bonchev–Trinajstić information content (AvgIpc) is 3.09. The Kier molecular flexibility index (Phi) is 4.84.